The molecule has 17 heavy (non-hydrogen) atoms. The summed E-state index contributed by atoms with van der Waals surface area (Å²) < 4.78 is 1.88. The van der Waals surface area contributed by atoms with Gasteiger partial charge in [0.1, 0.15) is 0 Å². The highest BCUT2D eigenvalue weighted by molar-refractivity contribution is 14.1. The van der Waals surface area contributed by atoms with Crippen molar-refractivity contribution in [2.24, 2.45) is 5.92 Å². The van der Waals surface area contributed by atoms with E-state index in [0.717, 1.165) is 13.7 Å². The molecule has 1 saturated heterocycles. The van der Waals surface area contributed by atoms with Gasteiger partial charge in [-0.25, -0.2) is 4.79 Å². The van der Waals surface area contributed by atoms with Gasteiger partial charge in [-0.15, -0.1) is 0 Å². The molecule has 1 unspecified atom stereocenters. The van der Waals surface area contributed by atoms with Crippen LogP contribution in [-0.4, -0.2) is 18.5 Å². The van der Waals surface area contributed by atoms with Gasteiger partial charge in [0.2, 0.25) is 5.91 Å². The largest absolute Gasteiger partial charge is 0.328 e. The van der Waals surface area contributed by atoms with Crippen molar-refractivity contribution in [3.63, 3.8) is 0 Å². The van der Waals surface area contributed by atoms with Gasteiger partial charge in [0.15, 0.2) is 0 Å². The fraction of sp³-hybridized carbons (Fsp3) is 0.273. The van der Waals surface area contributed by atoms with Crippen LogP contribution in [0.25, 0.3) is 0 Å². The molecule has 1 heterocycles. The molecule has 90 valence electrons. The molecule has 3 amide bonds. The Balaban J connectivity index is 2.36. The molecule has 0 bridgehead atoms. The van der Waals surface area contributed by atoms with Gasteiger partial charge in [0, 0.05) is 14.6 Å². The number of carbonyl (C=O) groups is 2. The summed E-state index contributed by atoms with van der Waals surface area (Å²) in [5.41, 5.74) is 0.817. The summed E-state index contributed by atoms with van der Waals surface area (Å²) in [6.45, 7) is 2.22. The van der Waals surface area contributed by atoms with E-state index in [1.165, 1.54) is 0 Å². The summed E-state index contributed by atoms with van der Waals surface area (Å²) in [5, 5.41) is 2.35. The minimum absolute atomic E-state index is 0.192. The number of amides is 3. The van der Waals surface area contributed by atoms with Crippen molar-refractivity contribution in [2.45, 2.75) is 6.92 Å². The Bertz CT molecular complexity index is 492. The van der Waals surface area contributed by atoms with Crippen LogP contribution in [-0.2, 0) is 4.79 Å². The van der Waals surface area contributed by atoms with Crippen molar-refractivity contribution < 1.29 is 9.59 Å². The molecular weight excluding hydrogens is 399 g/mol. The van der Waals surface area contributed by atoms with Crippen LogP contribution in [0, 0.1) is 9.49 Å². The van der Waals surface area contributed by atoms with Crippen molar-refractivity contribution >= 4 is 56.1 Å². The maximum absolute atomic E-state index is 11.8. The first kappa shape index (κ1) is 12.8. The average molecular weight is 409 g/mol. The highest BCUT2D eigenvalue weighted by atomic mass is 127. The smallest absolute Gasteiger partial charge is 0.292 e. The van der Waals surface area contributed by atoms with Crippen LogP contribution >= 0.6 is 38.5 Å². The van der Waals surface area contributed by atoms with E-state index in [9.17, 15) is 9.59 Å². The van der Waals surface area contributed by atoms with E-state index in [4.69, 9.17) is 0 Å². The lowest BCUT2D eigenvalue weighted by molar-refractivity contribution is -0.123. The fourth-order valence-corrected chi connectivity index (χ4v) is 2.61. The van der Waals surface area contributed by atoms with E-state index in [0.29, 0.717) is 6.54 Å². The van der Waals surface area contributed by atoms with Crippen molar-refractivity contribution in [1.29, 1.82) is 0 Å². The topological polar surface area (TPSA) is 49.4 Å². The summed E-state index contributed by atoms with van der Waals surface area (Å²) in [6.07, 6.45) is 0. The van der Waals surface area contributed by atoms with Crippen molar-refractivity contribution in [3.05, 3.63) is 26.2 Å². The van der Waals surface area contributed by atoms with E-state index in [1.54, 1.807) is 11.8 Å². The van der Waals surface area contributed by atoms with Gasteiger partial charge in [-0.2, -0.15) is 0 Å². The van der Waals surface area contributed by atoms with E-state index in [1.807, 2.05) is 18.2 Å². The van der Waals surface area contributed by atoms with E-state index < -0.39 is 0 Å². The minimum Gasteiger partial charge on any atom is -0.292 e. The molecule has 0 radical (unpaired) electrons. The van der Waals surface area contributed by atoms with Gasteiger partial charge >= 0.3 is 6.03 Å². The molecule has 1 aromatic rings. The van der Waals surface area contributed by atoms with Gasteiger partial charge in [-0.1, -0.05) is 22.9 Å². The Kier molecular flexibility index (Phi) is 3.72. The molecule has 0 aromatic heterocycles. The van der Waals surface area contributed by atoms with E-state index in [2.05, 4.69) is 43.8 Å². The van der Waals surface area contributed by atoms with Crippen LogP contribution in [0.3, 0.4) is 0 Å². The van der Waals surface area contributed by atoms with Gasteiger partial charge < -0.3 is 0 Å². The Morgan fingerprint density at radius 2 is 2.18 bits per heavy atom. The maximum atomic E-state index is 11.8. The Labute approximate surface area is 121 Å². The number of hydrogen-bond donors (Lipinski definition) is 1. The second kappa shape index (κ2) is 4.93. The zero-order chi connectivity index (χ0) is 12.6. The highest BCUT2D eigenvalue weighted by Crippen LogP contribution is 2.28. The first-order valence-electron chi connectivity index (χ1n) is 5.06. The predicted molar refractivity (Wildman–Crippen MR) is 76.9 cm³/mol. The standard InChI is InChI=1S/C11H10BrIN2O2/c1-6-5-15(11(17)14-10(6)16)9-4-7(12)2-3-8(9)13/h2-4,6H,5H2,1H3,(H,14,16,17). The predicted octanol–water partition coefficient (Wildman–Crippen LogP) is 2.75. The Morgan fingerprint density at radius 1 is 1.47 bits per heavy atom. The number of nitrogens with zero attached hydrogens (tertiary/aromatic N) is 1. The van der Waals surface area contributed by atoms with Crippen LogP contribution in [0.5, 0.6) is 0 Å². The molecule has 4 nitrogen and oxygen atoms in total. The fourth-order valence-electron chi connectivity index (χ4n) is 1.64. The first-order chi connectivity index (χ1) is 7.99. The Hall–Kier alpha value is -0.630. The lowest BCUT2D eigenvalue weighted by Crippen LogP contribution is -2.54. The molecule has 1 N–H and O–H groups in total. The maximum Gasteiger partial charge on any atom is 0.328 e. The zero-order valence-corrected chi connectivity index (χ0v) is 12.8. The summed E-state index contributed by atoms with van der Waals surface area (Å²) in [7, 11) is 0. The number of anilines is 1. The third-order valence-corrected chi connectivity index (χ3v) is 3.98. The van der Waals surface area contributed by atoms with Gasteiger partial charge in [-0.05, 0) is 40.8 Å². The third kappa shape index (κ3) is 2.62. The molecular formula is C11H10BrIN2O2. The molecule has 2 rings (SSSR count). The summed E-state index contributed by atoms with van der Waals surface area (Å²) in [6, 6.07) is 5.36. The number of nitrogens with one attached hydrogen (secondary N) is 1. The monoisotopic (exact) mass is 408 g/mol. The molecule has 1 aromatic carbocycles. The number of imide groups is 1. The summed E-state index contributed by atoms with van der Waals surface area (Å²) in [4.78, 5) is 24.7. The Morgan fingerprint density at radius 3 is 2.88 bits per heavy atom. The van der Waals surface area contributed by atoms with Crippen molar-refractivity contribution in [2.75, 3.05) is 11.4 Å². The van der Waals surface area contributed by atoms with Crippen LogP contribution in [0.4, 0.5) is 10.5 Å². The molecule has 0 saturated carbocycles. The zero-order valence-electron chi connectivity index (χ0n) is 9.04. The lowest BCUT2D eigenvalue weighted by Gasteiger charge is -2.31. The molecule has 0 aliphatic carbocycles. The summed E-state index contributed by atoms with van der Waals surface area (Å²) >= 11 is 5.56. The van der Waals surface area contributed by atoms with E-state index >= 15 is 0 Å². The number of halogens is 2. The first-order valence-corrected chi connectivity index (χ1v) is 6.93. The number of hydrogen-bond acceptors (Lipinski definition) is 2. The van der Waals surface area contributed by atoms with Gasteiger partial charge in [-0.3, -0.25) is 15.0 Å². The molecule has 1 aliphatic rings. The minimum atomic E-state index is -0.357. The molecule has 1 aliphatic heterocycles. The number of urea groups is 1. The van der Waals surface area contributed by atoms with Crippen molar-refractivity contribution in [3.8, 4) is 0 Å². The number of rotatable bonds is 1. The lowest BCUT2D eigenvalue weighted by atomic mass is 10.1. The molecule has 6 heteroatoms. The molecule has 0 spiro atoms. The van der Waals surface area contributed by atoms with Crippen LogP contribution in [0.2, 0.25) is 0 Å². The molecule has 1 fully saturated rings. The van der Waals surface area contributed by atoms with Crippen LogP contribution in [0.1, 0.15) is 6.92 Å². The average Bonchev–Trinajstić information content (AvgIpc) is 2.27. The number of carbonyl (C=O) groups excluding carboxylic acids is 2. The van der Waals surface area contributed by atoms with Crippen molar-refractivity contribution in [1.82, 2.24) is 5.32 Å². The molecule has 1 atom stereocenters. The quantitative estimate of drug-likeness (QED) is 0.726. The SMILES string of the molecule is CC1CN(c2cc(Br)ccc2I)C(=O)NC1=O. The summed E-state index contributed by atoms with van der Waals surface area (Å²) in [5.74, 6) is -0.404. The second-order valence-corrected chi connectivity index (χ2v) is 5.98. The number of benzene rings is 1. The second-order valence-electron chi connectivity index (χ2n) is 3.90. The third-order valence-electron chi connectivity index (χ3n) is 2.58. The normalized spacial score (nSPS) is 20.4. The van der Waals surface area contributed by atoms with Gasteiger partial charge in [0.25, 0.3) is 0 Å². The van der Waals surface area contributed by atoms with Gasteiger partial charge in [0.05, 0.1) is 11.6 Å². The van der Waals surface area contributed by atoms with Crippen LogP contribution in [0.15, 0.2) is 22.7 Å². The van der Waals surface area contributed by atoms with E-state index in [-0.39, 0.29) is 17.9 Å². The van der Waals surface area contributed by atoms with Crippen LogP contribution < -0.4 is 10.2 Å². The highest BCUT2D eigenvalue weighted by Gasteiger charge is 2.30.